The van der Waals surface area contributed by atoms with Crippen LogP contribution in [0.3, 0.4) is 0 Å². The highest BCUT2D eigenvalue weighted by molar-refractivity contribution is 6.36. The normalized spacial score (nSPS) is 10.9. The highest BCUT2D eigenvalue weighted by Gasteiger charge is 2.16. The Morgan fingerprint density at radius 1 is 1.42 bits per heavy atom. The summed E-state index contributed by atoms with van der Waals surface area (Å²) in [4.78, 5) is 23.6. The summed E-state index contributed by atoms with van der Waals surface area (Å²) in [5, 5.41) is 11.9. The molecule has 0 saturated carbocycles. The van der Waals surface area contributed by atoms with E-state index >= 15 is 0 Å². The van der Waals surface area contributed by atoms with Crippen molar-refractivity contribution in [3.05, 3.63) is 40.6 Å². The van der Waals surface area contributed by atoms with Crippen LogP contribution in [0, 0.1) is 11.3 Å². The number of halogens is 1. The molecule has 0 aliphatic heterocycles. The lowest BCUT2D eigenvalue weighted by Crippen LogP contribution is -2.12. The summed E-state index contributed by atoms with van der Waals surface area (Å²) in [5.74, 6) is -1.27. The first-order chi connectivity index (χ1) is 11.4. The molecular weight excluding hydrogens is 332 g/mol. The summed E-state index contributed by atoms with van der Waals surface area (Å²) in [5.41, 5.74) is 0.358. The van der Waals surface area contributed by atoms with Crippen molar-refractivity contribution in [2.45, 2.75) is 33.3 Å². The quantitative estimate of drug-likeness (QED) is 0.458. The number of nitrogens with zero attached hydrogens (tertiary/aromatic N) is 1. The Bertz CT molecular complexity index is 678. The van der Waals surface area contributed by atoms with Crippen LogP contribution in [0.25, 0.3) is 0 Å². The highest BCUT2D eigenvalue weighted by atomic mass is 35.5. The number of ether oxygens (including phenoxy) is 2. The molecule has 0 aliphatic carbocycles. The lowest BCUT2D eigenvalue weighted by Gasteiger charge is -2.11. The number of anilines is 1. The van der Waals surface area contributed by atoms with Gasteiger partial charge in [0.05, 0.1) is 29.0 Å². The average molecular weight is 351 g/mol. The van der Waals surface area contributed by atoms with Gasteiger partial charge >= 0.3 is 11.9 Å². The molecule has 24 heavy (non-hydrogen) atoms. The van der Waals surface area contributed by atoms with E-state index in [9.17, 15) is 9.59 Å². The van der Waals surface area contributed by atoms with Crippen LogP contribution in [0.5, 0.6) is 0 Å². The number of hydrogen-bond acceptors (Lipinski definition) is 6. The number of nitriles is 1. The summed E-state index contributed by atoms with van der Waals surface area (Å²) >= 11 is 6.19. The molecule has 0 fully saturated rings. The fraction of sp³-hybridized carbons (Fsp3) is 0.353. The van der Waals surface area contributed by atoms with Crippen LogP contribution in [-0.2, 0) is 14.3 Å². The molecule has 0 aromatic heterocycles. The molecule has 1 N–H and O–H groups in total. The molecule has 6 nitrogen and oxygen atoms in total. The van der Waals surface area contributed by atoms with Crippen molar-refractivity contribution >= 4 is 29.2 Å². The summed E-state index contributed by atoms with van der Waals surface area (Å²) in [6.07, 6.45) is 1.57. The number of rotatable bonds is 7. The minimum absolute atomic E-state index is 0.138. The van der Waals surface area contributed by atoms with E-state index in [1.165, 1.54) is 12.3 Å². The molecule has 0 atom stereocenters. The number of benzene rings is 1. The lowest BCUT2D eigenvalue weighted by molar-refractivity contribution is -0.138. The van der Waals surface area contributed by atoms with E-state index in [2.05, 4.69) is 5.32 Å². The molecule has 128 valence electrons. The van der Waals surface area contributed by atoms with Crippen molar-refractivity contribution in [1.29, 1.82) is 5.26 Å². The van der Waals surface area contributed by atoms with Crippen LogP contribution >= 0.6 is 11.6 Å². The summed E-state index contributed by atoms with van der Waals surface area (Å²) in [6, 6.07) is 6.50. The first-order valence-corrected chi connectivity index (χ1v) is 7.81. The van der Waals surface area contributed by atoms with Crippen LogP contribution < -0.4 is 5.32 Å². The number of nitrogens with one attached hydrogen (secondary N) is 1. The topological polar surface area (TPSA) is 88.4 Å². The third-order valence-electron chi connectivity index (χ3n) is 2.71. The lowest BCUT2D eigenvalue weighted by atomic mass is 10.2. The maximum absolute atomic E-state index is 12.0. The third-order valence-corrected chi connectivity index (χ3v) is 3.12. The molecule has 0 amide bonds. The third kappa shape index (κ3) is 5.60. The minimum atomic E-state index is -0.724. The zero-order valence-corrected chi connectivity index (χ0v) is 14.5. The molecule has 1 rings (SSSR count). The second-order valence-electron chi connectivity index (χ2n) is 5.07. The van der Waals surface area contributed by atoms with Gasteiger partial charge < -0.3 is 14.8 Å². The maximum Gasteiger partial charge on any atom is 0.350 e. The number of carbonyl (C=O) groups is 2. The molecular formula is C17H19ClN2O4. The van der Waals surface area contributed by atoms with Gasteiger partial charge in [-0.25, -0.2) is 9.59 Å². The van der Waals surface area contributed by atoms with Gasteiger partial charge in [-0.3, -0.25) is 0 Å². The fourth-order valence-corrected chi connectivity index (χ4v) is 1.90. The van der Waals surface area contributed by atoms with Gasteiger partial charge in [0.15, 0.2) is 5.57 Å². The predicted molar refractivity (Wildman–Crippen MR) is 90.6 cm³/mol. The average Bonchev–Trinajstić information content (AvgIpc) is 2.54. The first kappa shape index (κ1) is 19.5. The molecule has 0 bridgehead atoms. The van der Waals surface area contributed by atoms with Crippen molar-refractivity contribution < 1.29 is 19.1 Å². The van der Waals surface area contributed by atoms with E-state index in [0.29, 0.717) is 12.1 Å². The molecule has 1 aromatic carbocycles. The van der Waals surface area contributed by atoms with Crippen LogP contribution in [0.1, 0.15) is 37.6 Å². The summed E-state index contributed by atoms with van der Waals surface area (Å²) in [6.45, 7) is 5.55. The van der Waals surface area contributed by atoms with E-state index in [4.69, 9.17) is 26.3 Å². The van der Waals surface area contributed by atoms with Crippen LogP contribution in [0.4, 0.5) is 5.69 Å². The molecule has 0 spiro atoms. The van der Waals surface area contributed by atoms with Crippen LogP contribution in [0.15, 0.2) is 30.0 Å². The second-order valence-corrected chi connectivity index (χ2v) is 5.45. The minimum Gasteiger partial charge on any atom is -0.462 e. The zero-order chi connectivity index (χ0) is 18.1. The van der Waals surface area contributed by atoms with E-state index in [-0.39, 0.29) is 28.9 Å². The predicted octanol–water partition coefficient (Wildman–Crippen LogP) is 3.68. The fourth-order valence-electron chi connectivity index (χ4n) is 1.64. The van der Waals surface area contributed by atoms with Crippen molar-refractivity contribution in [1.82, 2.24) is 0 Å². The van der Waals surface area contributed by atoms with Crippen molar-refractivity contribution in [2.75, 3.05) is 11.9 Å². The highest BCUT2D eigenvalue weighted by Crippen LogP contribution is 2.27. The number of esters is 2. The SMILES string of the molecule is CCCOC(=O)C(C#N)=CNc1cccc(C(=O)OC(C)C)c1Cl. The Morgan fingerprint density at radius 3 is 2.71 bits per heavy atom. The Balaban J connectivity index is 2.95. The molecule has 0 saturated heterocycles. The van der Waals surface area contributed by atoms with E-state index < -0.39 is 11.9 Å². The maximum atomic E-state index is 12.0. The molecule has 0 heterocycles. The standard InChI is InChI=1S/C17H19ClN2O4/c1-4-8-23-16(21)12(9-19)10-20-14-7-5-6-13(15(14)18)17(22)24-11(2)3/h5-7,10-11,20H,4,8H2,1-3H3. The monoisotopic (exact) mass is 350 g/mol. The van der Waals surface area contributed by atoms with E-state index in [1.807, 2.05) is 6.92 Å². The Hall–Kier alpha value is -2.52. The van der Waals surface area contributed by atoms with Crippen LogP contribution in [-0.4, -0.2) is 24.6 Å². The van der Waals surface area contributed by atoms with Gasteiger partial charge in [0.2, 0.25) is 0 Å². The van der Waals surface area contributed by atoms with E-state index in [1.54, 1.807) is 32.0 Å². The van der Waals surface area contributed by atoms with Gasteiger partial charge in [-0.2, -0.15) is 5.26 Å². The van der Waals surface area contributed by atoms with Crippen LogP contribution in [0.2, 0.25) is 5.02 Å². The molecule has 7 heteroatoms. The van der Waals surface area contributed by atoms with Crippen molar-refractivity contribution in [3.8, 4) is 6.07 Å². The number of hydrogen-bond donors (Lipinski definition) is 1. The van der Waals surface area contributed by atoms with E-state index in [0.717, 1.165) is 0 Å². The summed E-state index contributed by atoms with van der Waals surface area (Å²) < 4.78 is 10.0. The Labute approximate surface area is 146 Å². The molecule has 0 radical (unpaired) electrons. The summed E-state index contributed by atoms with van der Waals surface area (Å²) in [7, 11) is 0. The number of carbonyl (C=O) groups excluding carboxylic acids is 2. The molecule has 1 aromatic rings. The first-order valence-electron chi connectivity index (χ1n) is 7.44. The van der Waals surface area contributed by atoms with Gasteiger partial charge in [0.1, 0.15) is 6.07 Å². The van der Waals surface area contributed by atoms with Crippen molar-refractivity contribution in [2.24, 2.45) is 0 Å². The van der Waals surface area contributed by atoms with Crippen molar-refractivity contribution in [3.63, 3.8) is 0 Å². The Kier molecular flexibility index (Phi) is 7.80. The second kappa shape index (κ2) is 9.58. The Morgan fingerprint density at radius 2 is 2.12 bits per heavy atom. The van der Waals surface area contributed by atoms with Gasteiger partial charge in [-0.1, -0.05) is 24.6 Å². The smallest absolute Gasteiger partial charge is 0.350 e. The van der Waals surface area contributed by atoms with Gasteiger partial charge in [0, 0.05) is 6.20 Å². The van der Waals surface area contributed by atoms with Gasteiger partial charge in [-0.05, 0) is 32.4 Å². The van der Waals surface area contributed by atoms with Gasteiger partial charge in [0.25, 0.3) is 0 Å². The molecule has 0 aliphatic rings. The largest absolute Gasteiger partial charge is 0.462 e. The zero-order valence-electron chi connectivity index (χ0n) is 13.8. The molecule has 0 unspecified atom stereocenters. The van der Waals surface area contributed by atoms with Gasteiger partial charge in [-0.15, -0.1) is 0 Å².